The van der Waals surface area contributed by atoms with Crippen molar-refractivity contribution in [3.8, 4) is 0 Å². The van der Waals surface area contributed by atoms with E-state index in [9.17, 15) is 9.59 Å². The van der Waals surface area contributed by atoms with Crippen LogP contribution in [0.3, 0.4) is 0 Å². The highest BCUT2D eigenvalue weighted by molar-refractivity contribution is 7.15. The van der Waals surface area contributed by atoms with Gasteiger partial charge in [0.25, 0.3) is 0 Å². The quantitative estimate of drug-likeness (QED) is 0.869. The largest absolute Gasteiger partial charge is 0.481 e. The molecule has 0 spiro atoms. The number of carboxylic acids is 1. The van der Waals surface area contributed by atoms with Crippen LogP contribution in [-0.2, 0) is 11.2 Å². The minimum atomic E-state index is -0.780. The first kappa shape index (κ1) is 15.7. The molecular formula is C13H20N4O3S. The van der Waals surface area contributed by atoms with Gasteiger partial charge in [0.05, 0.1) is 0 Å². The van der Waals surface area contributed by atoms with Crippen LogP contribution in [0.1, 0.15) is 37.6 Å². The van der Waals surface area contributed by atoms with Gasteiger partial charge in [-0.05, 0) is 31.6 Å². The van der Waals surface area contributed by atoms with Crippen LogP contribution in [0.15, 0.2) is 0 Å². The molecule has 2 N–H and O–H groups in total. The molecule has 0 bridgehead atoms. The van der Waals surface area contributed by atoms with Crippen molar-refractivity contribution >= 4 is 28.5 Å². The average Bonchev–Trinajstić information content (AvgIpc) is 2.93. The molecule has 2 amide bonds. The van der Waals surface area contributed by atoms with E-state index in [4.69, 9.17) is 5.11 Å². The summed E-state index contributed by atoms with van der Waals surface area (Å²) >= 11 is 1.38. The first-order chi connectivity index (χ1) is 10.1. The lowest BCUT2D eigenvalue weighted by molar-refractivity contribution is -0.137. The Morgan fingerprint density at radius 2 is 2.29 bits per heavy atom. The Hall–Kier alpha value is -1.70. The van der Waals surface area contributed by atoms with Gasteiger partial charge < -0.3 is 10.0 Å². The maximum atomic E-state index is 12.2. The molecule has 1 fully saturated rings. The number of aromatic nitrogens is 2. The van der Waals surface area contributed by atoms with E-state index >= 15 is 0 Å². The highest BCUT2D eigenvalue weighted by Crippen LogP contribution is 2.22. The third-order valence-electron chi connectivity index (χ3n) is 3.56. The van der Waals surface area contributed by atoms with Crippen molar-refractivity contribution in [3.63, 3.8) is 0 Å². The topological polar surface area (TPSA) is 95.4 Å². The second-order valence-electron chi connectivity index (χ2n) is 5.17. The van der Waals surface area contributed by atoms with Crippen LogP contribution in [0.25, 0.3) is 0 Å². The first-order valence-corrected chi connectivity index (χ1v) is 8.00. The van der Waals surface area contributed by atoms with E-state index in [1.807, 2.05) is 6.92 Å². The van der Waals surface area contributed by atoms with Gasteiger partial charge in [-0.15, -0.1) is 10.2 Å². The molecule has 0 saturated carbocycles. The number of carboxylic acid groups (broad SMARTS) is 1. The number of piperidine rings is 1. The lowest BCUT2D eigenvalue weighted by atomic mass is 9.93. The Labute approximate surface area is 127 Å². The predicted octanol–water partition coefficient (Wildman–Crippen LogP) is 2.21. The third kappa shape index (κ3) is 4.66. The molecule has 8 heteroatoms. The number of amides is 2. The minimum absolute atomic E-state index is 0.163. The van der Waals surface area contributed by atoms with Crippen molar-refractivity contribution in [1.29, 1.82) is 0 Å². The van der Waals surface area contributed by atoms with E-state index < -0.39 is 5.97 Å². The van der Waals surface area contributed by atoms with Crippen LogP contribution >= 0.6 is 11.3 Å². The number of likely N-dealkylation sites (tertiary alicyclic amines) is 1. The zero-order chi connectivity index (χ0) is 15.2. The van der Waals surface area contributed by atoms with Crippen LogP contribution in [-0.4, -0.2) is 45.3 Å². The molecule has 21 heavy (non-hydrogen) atoms. The fourth-order valence-electron chi connectivity index (χ4n) is 2.43. The zero-order valence-corrected chi connectivity index (χ0v) is 12.9. The lowest BCUT2D eigenvalue weighted by Crippen LogP contribution is -2.42. The van der Waals surface area contributed by atoms with Crippen molar-refractivity contribution in [2.24, 2.45) is 5.92 Å². The van der Waals surface area contributed by atoms with Gasteiger partial charge in [-0.2, -0.15) is 0 Å². The molecule has 1 unspecified atom stereocenters. The second-order valence-corrected chi connectivity index (χ2v) is 6.23. The smallest absolute Gasteiger partial charge is 0.323 e. The molecule has 116 valence electrons. The Morgan fingerprint density at radius 1 is 1.48 bits per heavy atom. The minimum Gasteiger partial charge on any atom is -0.481 e. The van der Waals surface area contributed by atoms with Gasteiger partial charge in [-0.1, -0.05) is 18.3 Å². The van der Waals surface area contributed by atoms with Gasteiger partial charge in [-0.25, -0.2) is 4.79 Å². The summed E-state index contributed by atoms with van der Waals surface area (Å²) in [5.41, 5.74) is 0. The highest BCUT2D eigenvalue weighted by Gasteiger charge is 2.24. The number of anilines is 1. The van der Waals surface area contributed by atoms with Crippen LogP contribution in [0.2, 0.25) is 0 Å². The van der Waals surface area contributed by atoms with E-state index in [0.29, 0.717) is 24.6 Å². The monoisotopic (exact) mass is 312 g/mol. The lowest BCUT2D eigenvalue weighted by Gasteiger charge is -2.32. The number of carbonyl (C=O) groups is 2. The van der Waals surface area contributed by atoms with Crippen LogP contribution in [0, 0.1) is 5.92 Å². The van der Waals surface area contributed by atoms with Gasteiger partial charge in [0.2, 0.25) is 5.13 Å². The highest BCUT2D eigenvalue weighted by atomic mass is 32.1. The summed E-state index contributed by atoms with van der Waals surface area (Å²) in [6, 6.07) is -0.172. The number of nitrogens with zero attached hydrogens (tertiary/aromatic N) is 3. The van der Waals surface area contributed by atoms with E-state index in [1.54, 1.807) is 4.90 Å². The number of urea groups is 1. The molecule has 0 aromatic carbocycles. The SMILES string of the molecule is CCc1nnc(NC(=O)N2CCCC(CCC(=O)O)C2)s1. The molecule has 1 aliphatic heterocycles. The van der Waals surface area contributed by atoms with Crippen molar-refractivity contribution in [1.82, 2.24) is 15.1 Å². The fourth-order valence-corrected chi connectivity index (χ4v) is 3.10. The van der Waals surface area contributed by atoms with E-state index in [2.05, 4.69) is 15.5 Å². The number of carbonyl (C=O) groups excluding carboxylic acids is 1. The molecule has 2 heterocycles. The Balaban J connectivity index is 1.85. The standard InChI is InChI=1S/C13H20N4O3S/c1-2-10-15-16-12(21-10)14-13(20)17-7-3-4-9(8-17)5-6-11(18)19/h9H,2-8H2,1H3,(H,18,19)(H,14,16,20). The maximum absolute atomic E-state index is 12.2. The molecule has 7 nitrogen and oxygen atoms in total. The number of nitrogens with one attached hydrogen (secondary N) is 1. The van der Waals surface area contributed by atoms with Crippen molar-refractivity contribution in [2.45, 2.75) is 39.0 Å². The fraction of sp³-hybridized carbons (Fsp3) is 0.692. The normalized spacial score (nSPS) is 18.5. The molecular weight excluding hydrogens is 292 g/mol. The predicted molar refractivity (Wildman–Crippen MR) is 79.5 cm³/mol. The van der Waals surface area contributed by atoms with Gasteiger partial charge in [0.15, 0.2) is 0 Å². The number of aliphatic carboxylic acids is 1. The summed E-state index contributed by atoms with van der Waals surface area (Å²) in [7, 11) is 0. The van der Waals surface area contributed by atoms with Crippen molar-refractivity contribution in [2.75, 3.05) is 18.4 Å². The van der Waals surface area contributed by atoms with Gasteiger partial charge in [-0.3, -0.25) is 10.1 Å². The van der Waals surface area contributed by atoms with Crippen LogP contribution in [0.5, 0.6) is 0 Å². The van der Waals surface area contributed by atoms with Gasteiger partial charge >= 0.3 is 12.0 Å². The summed E-state index contributed by atoms with van der Waals surface area (Å²) in [6.45, 7) is 3.30. The van der Waals surface area contributed by atoms with E-state index in [-0.39, 0.29) is 18.4 Å². The van der Waals surface area contributed by atoms with E-state index in [1.165, 1.54) is 11.3 Å². The molecule has 2 rings (SSSR count). The third-order valence-corrected chi connectivity index (χ3v) is 4.54. The molecule has 1 aliphatic rings. The summed E-state index contributed by atoms with van der Waals surface area (Å²) in [5.74, 6) is -0.515. The second kappa shape index (κ2) is 7.35. The van der Waals surface area contributed by atoms with Crippen molar-refractivity contribution < 1.29 is 14.7 Å². The molecule has 1 aromatic heterocycles. The Bertz CT molecular complexity index is 505. The number of hydrogen-bond donors (Lipinski definition) is 2. The van der Waals surface area contributed by atoms with Crippen LogP contribution in [0.4, 0.5) is 9.93 Å². The summed E-state index contributed by atoms with van der Waals surface area (Å²) in [6.07, 6.45) is 3.48. The molecule has 1 atom stereocenters. The van der Waals surface area contributed by atoms with Gasteiger partial charge in [0.1, 0.15) is 5.01 Å². The number of aryl methyl sites for hydroxylation is 1. The Kier molecular flexibility index (Phi) is 5.49. The average molecular weight is 312 g/mol. The molecule has 0 radical (unpaired) electrons. The van der Waals surface area contributed by atoms with E-state index in [0.717, 1.165) is 24.3 Å². The summed E-state index contributed by atoms with van der Waals surface area (Å²) in [5, 5.41) is 20.8. The summed E-state index contributed by atoms with van der Waals surface area (Å²) < 4.78 is 0. The molecule has 0 aliphatic carbocycles. The summed E-state index contributed by atoms with van der Waals surface area (Å²) in [4.78, 5) is 24.5. The zero-order valence-electron chi connectivity index (χ0n) is 12.0. The maximum Gasteiger partial charge on any atom is 0.323 e. The Morgan fingerprint density at radius 3 is 2.95 bits per heavy atom. The van der Waals surface area contributed by atoms with Crippen molar-refractivity contribution in [3.05, 3.63) is 5.01 Å². The number of rotatable bonds is 5. The van der Waals surface area contributed by atoms with Crippen LogP contribution < -0.4 is 5.32 Å². The number of hydrogen-bond acceptors (Lipinski definition) is 5. The first-order valence-electron chi connectivity index (χ1n) is 7.18. The molecule has 1 aromatic rings. The van der Waals surface area contributed by atoms with Gasteiger partial charge in [0, 0.05) is 19.5 Å². The molecule has 1 saturated heterocycles.